The van der Waals surface area contributed by atoms with Crippen molar-refractivity contribution in [3.05, 3.63) is 77.7 Å². The smallest absolute Gasteiger partial charge is 0.149 e. The Morgan fingerprint density at radius 3 is 2.50 bits per heavy atom. The van der Waals surface area contributed by atoms with Crippen LogP contribution in [0, 0.1) is 12.7 Å². The molecule has 0 fully saturated rings. The number of hydrogen-bond donors (Lipinski definition) is 0. The summed E-state index contributed by atoms with van der Waals surface area (Å²) in [5, 5.41) is 3.67. The molecule has 0 N–H and O–H groups in total. The van der Waals surface area contributed by atoms with Crippen LogP contribution in [0.4, 0.5) is 4.39 Å². The van der Waals surface area contributed by atoms with Crippen LogP contribution >= 0.6 is 0 Å². The molecular formula is C27H24FNO. The lowest BCUT2D eigenvalue weighted by atomic mass is 9.88. The van der Waals surface area contributed by atoms with Crippen molar-refractivity contribution in [3.63, 3.8) is 0 Å². The van der Waals surface area contributed by atoms with E-state index in [0.717, 1.165) is 62.6 Å². The van der Waals surface area contributed by atoms with Gasteiger partial charge in [-0.15, -0.1) is 0 Å². The van der Waals surface area contributed by atoms with E-state index in [4.69, 9.17) is 4.42 Å². The first kappa shape index (κ1) is 18.8. The van der Waals surface area contributed by atoms with E-state index < -0.39 is 0 Å². The minimum absolute atomic E-state index is 0.259. The third kappa shape index (κ3) is 2.80. The number of hydrogen-bond acceptors (Lipinski definition) is 2. The molecule has 3 heteroatoms. The van der Waals surface area contributed by atoms with Crippen molar-refractivity contribution in [1.82, 2.24) is 4.98 Å². The van der Waals surface area contributed by atoms with Gasteiger partial charge in [-0.2, -0.15) is 0 Å². The fourth-order valence-electron chi connectivity index (χ4n) is 4.72. The third-order valence-electron chi connectivity index (χ3n) is 6.20. The van der Waals surface area contributed by atoms with Crippen LogP contribution in [-0.4, -0.2) is 4.98 Å². The molecule has 2 heterocycles. The van der Waals surface area contributed by atoms with Crippen LogP contribution in [0.25, 0.3) is 44.0 Å². The predicted molar refractivity (Wildman–Crippen MR) is 122 cm³/mol. The maximum absolute atomic E-state index is 15.1. The third-order valence-corrected chi connectivity index (χ3v) is 6.20. The van der Waals surface area contributed by atoms with Gasteiger partial charge in [0.15, 0.2) is 0 Å². The average Bonchev–Trinajstić information content (AvgIpc) is 3.13. The second kappa shape index (κ2) is 7.24. The molecule has 0 aliphatic heterocycles. The molecule has 0 saturated carbocycles. The summed E-state index contributed by atoms with van der Waals surface area (Å²) in [4.78, 5) is 4.56. The first-order valence-corrected chi connectivity index (χ1v) is 10.6. The van der Waals surface area contributed by atoms with E-state index in [1.165, 1.54) is 6.20 Å². The first-order valence-electron chi connectivity index (χ1n) is 10.6. The van der Waals surface area contributed by atoms with Gasteiger partial charge in [0.05, 0.1) is 11.9 Å². The number of halogens is 1. The zero-order chi connectivity index (χ0) is 20.8. The van der Waals surface area contributed by atoms with Crippen molar-refractivity contribution in [2.24, 2.45) is 0 Å². The van der Waals surface area contributed by atoms with Gasteiger partial charge in [-0.3, -0.25) is 4.98 Å². The zero-order valence-electron chi connectivity index (χ0n) is 17.5. The number of aryl methyl sites for hydroxylation is 1. The molecule has 5 rings (SSSR count). The van der Waals surface area contributed by atoms with Gasteiger partial charge in [0.1, 0.15) is 17.0 Å². The summed E-state index contributed by atoms with van der Waals surface area (Å²) >= 11 is 0. The van der Waals surface area contributed by atoms with Crippen molar-refractivity contribution in [3.8, 4) is 11.3 Å². The summed E-state index contributed by atoms with van der Waals surface area (Å²) in [6, 6.07) is 18.3. The number of rotatable bonds is 4. The SMILES string of the molecule is CCC(CC)c1cccc2c(-c3cc(C)cc4c3oc3ccccc34)ncc(F)c12. The van der Waals surface area contributed by atoms with Crippen LogP contribution in [0.5, 0.6) is 0 Å². The predicted octanol–water partition coefficient (Wildman–Crippen LogP) is 8.15. The molecule has 0 spiro atoms. The zero-order valence-corrected chi connectivity index (χ0v) is 17.5. The number of benzene rings is 3. The van der Waals surface area contributed by atoms with Crippen LogP contribution < -0.4 is 0 Å². The van der Waals surface area contributed by atoms with Crippen molar-refractivity contribution in [2.75, 3.05) is 0 Å². The molecule has 30 heavy (non-hydrogen) atoms. The normalized spacial score (nSPS) is 11.9. The second-order valence-electron chi connectivity index (χ2n) is 8.03. The summed E-state index contributed by atoms with van der Waals surface area (Å²) in [6.07, 6.45) is 3.32. The minimum Gasteiger partial charge on any atom is -0.455 e. The van der Waals surface area contributed by atoms with E-state index in [1.807, 2.05) is 30.3 Å². The number of furan rings is 1. The van der Waals surface area contributed by atoms with E-state index in [-0.39, 0.29) is 5.82 Å². The Morgan fingerprint density at radius 1 is 0.933 bits per heavy atom. The summed E-state index contributed by atoms with van der Waals surface area (Å²) in [5.41, 5.74) is 5.52. The van der Waals surface area contributed by atoms with Gasteiger partial charge >= 0.3 is 0 Å². The average molecular weight is 397 g/mol. The lowest BCUT2D eigenvalue weighted by Gasteiger charge is -2.17. The van der Waals surface area contributed by atoms with E-state index in [0.29, 0.717) is 11.3 Å². The molecule has 3 aromatic carbocycles. The van der Waals surface area contributed by atoms with Gasteiger partial charge in [-0.05, 0) is 55.0 Å². The number of nitrogens with zero attached hydrogens (tertiary/aromatic N) is 1. The van der Waals surface area contributed by atoms with Crippen LogP contribution in [0.2, 0.25) is 0 Å². The monoisotopic (exact) mass is 397 g/mol. The number of pyridine rings is 1. The van der Waals surface area contributed by atoms with Crippen LogP contribution in [-0.2, 0) is 0 Å². The van der Waals surface area contributed by atoms with Crippen LogP contribution in [0.15, 0.2) is 65.2 Å². The highest BCUT2D eigenvalue weighted by atomic mass is 19.1. The number of para-hydroxylation sites is 1. The van der Waals surface area contributed by atoms with Gasteiger partial charge in [-0.25, -0.2) is 4.39 Å². The largest absolute Gasteiger partial charge is 0.455 e. The molecule has 0 amide bonds. The Hall–Kier alpha value is -3.20. The van der Waals surface area contributed by atoms with E-state index in [2.05, 4.69) is 50.0 Å². The van der Waals surface area contributed by atoms with Crippen molar-refractivity contribution >= 4 is 32.7 Å². The van der Waals surface area contributed by atoms with Crippen molar-refractivity contribution in [1.29, 1.82) is 0 Å². The Labute approximate surface area is 175 Å². The van der Waals surface area contributed by atoms with Crippen LogP contribution in [0.1, 0.15) is 43.7 Å². The van der Waals surface area contributed by atoms with Crippen molar-refractivity contribution in [2.45, 2.75) is 39.5 Å². The first-order chi connectivity index (χ1) is 14.6. The minimum atomic E-state index is -0.259. The maximum Gasteiger partial charge on any atom is 0.149 e. The molecule has 0 bridgehead atoms. The molecule has 0 aliphatic rings. The van der Waals surface area contributed by atoms with Gasteiger partial charge < -0.3 is 4.42 Å². The molecule has 150 valence electrons. The van der Waals surface area contributed by atoms with E-state index in [1.54, 1.807) is 0 Å². The highest BCUT2D eigenvalue weighted by Crippen LogP contribution is 2.40. The van der Waals surface area contributed by atoms with E-state index >= 15 is 4.39 Å². The van der Waals surface area contributed by atoms with Gasteiger partial charge in [-0.1, -0.05) is 50.2 Å². The lowest BCUT2D eigenvalue weighted by Crippen LogP contribution is -2.00. The Morgan fingerprint density at radius 2 is 1.70 bits per heavy atom. The maximum atomic E-state index is 15.1. The van der Waals surface area contributed by atoms with Crippen LogP contribution in [0.3, 0.4) is 0 Å². The summed E-state index contributed by atoms with van der Waals surface area (Å²) in [7, 11) is 0. The van der Waals surface area contributed by atoms with Gasteiger partial charge in [0, 0.05) is 27.1 Å². The molecule has 2 nitrogen and oxygen atoms in total. The molecule has 2 aromatic heterocycles. The fourth-order valence-corrected chi connectivity index (χ4v) is 4.72. The standard InChI is InChI=1S/C27H24FNO/c1-4-17(5-2)18-10-8-11-20-25(18)23(28)15-29-26(20)22-14-16(3)13-21-19-9-6-7-12-24(19)30-27(21)22/h6-15,17H,4-5H2,1-3H3. The van der Waals surface area contributed by atoms with Gasteiger partial charge in [0.2, 0.25) is 0 Å². The molecule has 5 aromatic rings. The highest BCUT2D eigenvalue weighted by Gasteiger charge is 2.20. The molecule has 0 atom stereocenters. The molecule has 0 radical (unpaired) electrons. The quantitative estimate of drug-likeness (QED) is 0.306. The Balaban J connectivity index is 1.88. The molecular weight excluding hydrogens is 373 g/mol. The Bertz CT molecular complexity index is 1390. The van der Waals surface area contributed by atoms with Crippen molar-refractivity contribution < 1.29 is 8.81 Å². The Kier molecular flexibility index (Phi) is 4.54. The fraction of sp³-hybridized carbons (Fsp3) is 0.222. The molecule has 0 aliphatic carbocycles. The summed E-state index contributed by atoms with van der Waals surface area (Å²) < 4.78 is 21.3. The van der Waals surface area contributed by atoms with E-state index in [9.17, 15) is 0 Å². The summed E-state index contributed by atoms with van der Waals surface area (Å²) in [5.74, 6) is 0.0620. The number of fused-ring (bicyclic) bond motifs is 4. The number of aromatic nitrogens is 1. The topological polar surface area (TPSA) is 26.0 Å². The lowest BCUT2D eigenvalue weighted by molar-refractivity contribution is 0.619. The molecule has 0 unspecified atom stereocenters. The van der Waals surface area contributed by atoms with Gasteiger partial charge in [0.25, 0.3) is 0 Å². The highest BCUT2D eigenvalue weighted by molar-refractivity contribution is 6.12. The second-order valence-corrected chi connectivity index (χ2v) is 8.03. The molecule has 0 saturated heterocycles. The summed E-state index contributed by atoms with van der Waals surface area (Å²) in [6.45, 7) is 6.39.